The largest absolute Gasteiger partial charge is 0.381 e. The highest BCUT2D eigenvalue weighted by molar-refractivity contribution is 7.91. The van der Waals surface area contributed by atoms with E-state index in [1.54, 1.807) is 13.3 Å². The summed E-state index contributed by atoms with van der Waals surface area (Å²) in [6, 6.07) is 1.84. The summed E-state index contributed by atoms with van der Waals surface area (Å²) in [6.45, 7) is 3.29. The van der Waals surface area contributed by atoms with Crippen LogP contribution in [0.15, 0.2) is 12.3 Å². The molecule has 0 amide bonds. The summed E-state index contributed by atoms with van der Waals surface area (Å²) in [7, 11) is -1.22. The van der Waals surface area contributed by atoms with E-state index in [1.165, 1.54) is 0 Å². The number of anilines is 2. The number of sulfone groups is 1. The van der Waals surface area contributed by atoms with Crippen LogP contribution in [0.5, 0.6) is 0 Å². The van der Waals surface area contributed by atoms with Crippen LogP contribution in [0.3, 0.4) is 0 Å². The lowest BCUT2D eigenvalue weighted by molar-refractivity contribution is 0.0816. The number of piperazine rings is 1. The van der Waals surface area contributed by atoms with Crippen molar-refractivity contribution in [2.24, 2.45) is 0 Å². The summed E-state index contributed by atoms with van der Waals surface area (Å²) < 4.78 is 29.5. The molecule has 1 aromatic heterocycles. The van der Waals surface area contributed by atoms with Gasteiger partial charge in [-0.25, -0.2) is 13.4 Å². The molecule has 9 heteroatoms. The van der Waals surface area contributed by atoms with Gasteiger partial charge in [-0.1, -0.05) is 0 Å². The lowest BCUT2D eigenvalue weighted by Gasteiger charge is -2.38. The summed E-state index contributed by atoms with van der Waals surface area (Å²) in [4.78, 5) is 13.5. The van der Waals surface area contributed by atoms with Crippen molar-refractivity contribution in [2.45, 2.75) is 31.0 Å². The van der Waals surface area contributed by atoms with Gasteiger partial charge in [0.2, 0.25) is 5.95 Å². The third-order valence-electron chi connectivity index (χ3n) is 5.46. The molecule has 0 aromatic carbocycles. The fraction of sp³-hybridized carbons (Fsp3) is 0.750. The first kappa shape index (κ1) is 17.0. The molecule has 3 fully saturated rings. The quantitative estimate of drug-likeness (QED) is 0.777. The third kappa shape index (κ3) is 3.45. The van der Waals surface area contributed by atoms with Crippen molar-refractivity contribution in [3.05, 3.63) is 12.3 Å². The van der Waals surface area contributed by atoms with Crippen LogP contribution in [0, 0.1) is 0 Å². The van der Waals surface area contributed by atoms with Crippen molar-refractivity contribution >= 4 is 21.6 Å². The Labute approximate surface area is 148 Å². The van der Waals surface area contributed by atoms with Crippen LogP contribution in [0.1, 0.15) is 12.8 Å². The maximum absolute atomic E-state index is 12.0. The van der Waals surface area contributed by atoms with E-state index < -0.39 is 9.84 Å². The van der Waals surface area contributed by atoms with Gasteiger partial charge in [0.15, 0.2) is 9.84 Å². The van der Waals surface area contributed by atoms with Crippen LogP contribution >= 0.6 is 0 Å². The SMILES string of the molecule is COC1CCN(c2nccc(N3CCN[C@H]4CS(=O)(=O)C[C@H]43)n2)CC1. The van der Waals surface area contributed by atoms with Crippen molar-refractivity contribution in [1.29, 1.82) is 0 Å². The minimum Gasteiger partial charge on any atom is -0.381 e. The molecule has 0 bridgehead atoms. The first-order valence-electron chi connectivity index (χ1n) is 8.87. The summed E-state index contributed by atoms with van der Waals surface area (Å²) in [5.41, 5.74) is 0. The van der Waals surface area contributed by atoms with E-state index in [1.807, 2.05) is 6.07 Å². The van der Waals surface area contributed by atoms with Gasteiger partial charge < -0.3 is 19.9 Å². The summed E-state index contributed by atoms with van der Waals surface area (Å²) in [5, 5.41) is 3.34. The van der Waals surface area contributed by atoms with E-state index in [-0.39, 0.29) is 23.6 Å². The van der Waals surface area contributed by atoms with Crippen molar-refractivity contribution in [2.75, 3.05) is 54.6 Å². The van der Waals surface area contributed by atoms with E-state index >= 15 is 0 Å². The van der Waals surface area contributed by atoms with Crippen LogP contribution in [-0.4, -0.2) is 81.4 Å². The zero-order valence-electron chi connectivity index (χ0n) is 14.5. The summed E-state index contributed by atoms with van der Waals surface area (Å²) >= 11 is 0. The zero-order valence-corrected chi connectivity index (χ0v) is 15.3. The number of nitrogens with zero attached hydrogens (tertiary/aromatic N) is 4. The third-order valence-corrected chi connectivity index (χ3v) is 7.18. The Bertz CT molecular complexity index is 720. The average Bonchev–Trinajstić information content (AvgIpc) is 2.95. The minimum absolute atomic E-state index is 0.00499. The number of rotatable bonds is 3. The fourth-order valence-corrected chi connectivity index (χ4v) is 6.05. The molecule has 0 spiro atoms. The Kier molecular flexibility index (Phi) is 4.55. The first-order chi connectivity index (χ1) is 12.1. The molecule has 3 saturated heterocycles. The predicted octanol–water partition coefficient (Wildman–Crippen LogP) is -0.333. The van der Waals surface area contributed by atoms with Crippen LogP contribution in [0.2, 0.25) is 0 Å². The second-order valence-electron chi connectivity index (χ2n) is 7.04. The summed E-state index contributed by atoms with van der Waals surface area (Å²) in [5.74, 6) is 1.97. The van der Waals surface area contributed by atoms with Crippen LogP contribution < -0.4 is 15.1 Å². The highest BCUT2D eigenvalue weighted by atomic mass is 32.2. The molecule has 0 aliphatic carbocycles. The van der Waals surface area contributed by atoms with E-state index in [2.05, 4.69) is 20.1 Å². The Morgan fingerprint density at radius 3 is 2.80 bits per heavy atom. The normalized spacial score (nSPS) is 29.6. The Morgan fingerprint density at radius 2 is 2.04 bits per heavy atom. The van der Waals surface area contributed by atoms with E-state index in [9.17, 15) is 8.42 Å². The smallest absolute Gasteiger partial charge is 0.227 e. The molecule has 1 N–H and O–H groups in total. The maximum Gasteiger partial charge on any atom is 0.227 e. The van der Waals surface area contributed by atoms with Crippen molar-refractivity contribution in [3.63, 3.8) is 0 Å². The van der Waals surface area contributed by atoms with Gasteiger partial charge in [-0.05, 0) is 18.9 Å². The molecular weight excluding hydrogens is 342 g/mol. The molecule has 1 aromatic rings. The van der Waals surface area contributed by atoms with Gasteiger partial charge in [-0.15, -0.1) is 0 Å². The molecule has 2 atom stereocenters. The number of aromatic nitrogens is 2. The van der Waals surface area contributed by atoms with E-state index in [0.717, 1.165) is 50.8 Å². The number of nitrogens with one attached hydrogen (secondary N) is 1. The predicted molar refractivity (Wildman–Crippen MR) is 95.9 cm³/mol. The first-order valence-corrected chi connectivity index (χ1v) is 10.7. The van der Waals surface area contributed by atoms with Crippen molar-refractivity contribution in [3.8, 4) is 0 Å². The molecule has 138 valence electrons. The highest BCUT2D eigenvalue weighted by Gasteiger charge is 2.43. The lowest BCUT2D eigenvalue weighted by Crippen LogP contribution is -2.57. The molecule has 0 unspecified atom stereocenters. The van der Waals surface area contributed by atoms with Crippen LogP contribution in [0.25, 0.3) is 0 Å². The fourth-order valence-electron chi connectivity index (χ4n) is 4.09. The molecule has 25 heavy (non-hydrogen) atoms. The molecule has 0 saturated carbocycles. The van der Waals surface area contributed by atoms with Gasteiger partial charge >= 0.3 is 0 Å². The van der Waals surface area contributed by atoms with Crippen LogP contribution in [0.4, 0.5) is 11.8 Å². The topological polar surface area (TPSA) is 87.7 Å². The Morgan fingerprint density at radius 1 is 1.24 bits per heavy atom. The van der Waals surface area contributed by atoms with Crippen molar-refractivity contribution in [1.82, 2.24) is 15.3 Å². The number of hydrogen-bond acceptors (Lipinski definition) is 8. The number of ether oxygens (including phenoxy) is 1. The van der Waals surface area contributed by atoms with Crippen LogP contribution in [-0.2, 0) is 14.6 Å². The molecule has 8 nitrogen and oxygen atoms in total. The highest BCUT2D eigenvalue weighted by Crippen LogP contribution is 2.27. The zero-order chi connectivity index (χ0) is 17.4. The minimum atomic E-state index is -2.98. The van der Waals surface area contributed by atoms with Gasteiger partial charge in [-0.3, -0.25) is 0 Å². The van der Waals surface area contributed by atoms with E-state index in [0.29, 0.717) is 6.10 Å². The number of methoxy groups -OCH3 is 1. The second kappa shape index (κ2) is 6.69. The molecular formula is C16H25N5O3S. The Hall–Kier alpha value is -1.45. The van der Waals surface area contributed by atoms with Gasteiger partial charge in [0.1, 0.15) is 5.82 Å². The lowest BCUT2D eigenvalue weighted by atomic mass is 10.1. The molecule has 4 rings (SSSR count). The summed E-state index contributed by atoms with van der Waals surface area (Å²) in [6.07, 6.45) is 4.04. The van der Waals surface area contributed by atoms with Gasteiger partial charge in [0.25, 0.3) is 0 Å². The number of fused-ring (bicyclic) bond motifs is 1. The maximum atomic E-state index is 12.0. The standard InChI is InChI=1S/C16H25N5O3S/c1-24-12-3-7-20(8-4-12)16-18-5-2-15(19-16)21-9-6-17-13-10-25(22,23)11-14(13)21/h2,5,12-14,17H,3-4,6-11H2,1H3/t13-,14+/m0/s1. The second-order valence-corrected chi connectivity index (χ2v) is 9.19. The molecule has 3 aliphatic rings. The van der Waals surface area contributed by atoms with E-state index in [4.69, 9.17) is 9.72 Å². The Balaban J connectivity index is 1.53. The number of piperidine rings is 1. The van der Waals surface area contributed by atoms with Crippen molar-refractivity contribution < 1.29 is 13.2 Å². The van der Waals surface area contributed by atoms with Gasteiger partial charge in [0, 0.05) is 45.5 Å². The molecule has 3 aliphatic heterocycles. The molecule has 4 heterocycles. The number of hydrogen-bond donors (Lipinski definition) is 1. The van der Waals surface area contributed by atoms with Gasteiger partial charge in [-0.2, -0.15) is 4.98 Å². The van der Waals surface area contributed by atoms with Gasteiger partial charge in [0.05, 0.1) is 23.7 Å². The monoisotopic (exact) mass is 367 g/mol. The average molecular weight is 367 g/mol. The molecule has 0 radical (unpaired) electrons.